The molecule has 2 heterocycles. The van der Waals surface area contributed by atoms with Gasteiger partial charge >= 0.3 is 0 Å². The highest BCUT2D eigenvalue weighted by Gasteiger charge is 2.24. The number of nitrogens with one attached hydrogen (secondary N) is 1. The molecule has 3 N–H and O–H groups in total. The summed E-state index contributed by atoms with van der Waals surface area (Å²) in [5.41, 5.74) is 5.03. The Morgan fingerprint density at radius 3 is 2.73 bits per heavy atom. The number of hydrogen-bond donors (Lipinski definition) is 2. The van der Waals surface area contributed by atoms with E-state index < -0.39 is 17.5 Å². The average molecular weight is 318 g/mol. The number of carbonyl (C=O) groups is 2. The van der Waals surface area contributed by atoms with Gasteiger partial charge in [0.1, 0.15) is 11.5 Å². The summed E-state index contributed by atoms with van der Waals surface area (Å²) in [5, 5.41) is 0.443. The zero-order valence-corrected chi connectivity index (χ0v) is 11.8. The standard InChI is InChI=1S/C15H9ClFN3O2/c16-10-4-3-8(14(18)22)12(17)11(10)13(21)9-6-20-15-7(9)2-1-5-19-15/h1-6H,(H2,18,22)(H,19,20). The lowest BCUT2D eigenvalue weighted by atomic mass is 10.00. The highest BCUT2D eigenvalue weighted by atomic mass is 35.5. The van der Waals surface area contributed by atoms with Crippen LogP contribution in [0, 0.1) is 5.82 Å². The fourth-order valence-electron chi connectivity index (χ4n) is 2.23. The number of primary amides is 1. The molecule has 0 spiro atoms. The molecule has 0 radical (unpaired) electrons. The van der Waals surface area contributed by atoms with Gasteiger partial charge in [-0.05, 0) is 24.3 Å². The second-order valence-electron chi connectivity index (χ2n) is 4.58. The number of H-pyrrole nitrogens is 1. The Balaban J connectivity index is 2.21. The number of pyridine rings is 1. The van der Waals surface area contributed by atoms with E-state index in [4.69, 9.17) is 17.3 Å². The van der Waals surface area contributed by atoms with Gasteiger partial charge < -0.3 is 10.7 Å². The van der Waals surface area contributed by atoms with Crippen LogP contribution in [0.1, 0.15) is 26.3 Å². The van der Waals surface area contributed by atoms with E-state index in [0.717, 1.165) is 6.07 Å². The number of aromatic nitrogens is 2. The van der Waals surface area contributed by atoms with E-state index in [0.29, 0.717) is 11.0 Å². The number of rotatable bonds is 3. The third kappa shape index (κ3) is 2.14. The number of benzene rings is 1. The van der Waals surface area contributed by atoms with Crippen molar-refractivity contribution in [1.29, 1.82) is 0 Å². The first-order chi connectivity index (χ1) is 10.5. The molecule has 0 atom stereocenters. The van der Waals surface area contributed by atoms with Gasteiger partial charge in [-0.25, -0.2) is 9.37 Å². The maximum absolute atomic E-state index is 14.4. The van der Waals surface area contributed by atoms with Gasteiger partial charge in [0.05, 0.1) is 16.1 Å². The van der Waals surface area contributed by atoms with Crippen molar-refractivity contribution in [3.05, 3.63) is 64.2 Å². The minimum Gasteiger partial charge on any atom is -0.366 e. The predicted molar refractivity (Wildman–Crippen MR) is 79.5 cm³/mol. The second kappa shape index (κ2) is 5.23. The summed E-state index contributed by atoms with van der Waals surface area (Å²) in [4.78, 5) is 30.7. The van der Waals surface area contributed by atoms with E-state index >= 15 is 0 Å². The maximum Gasteiger partial charge on any atom is 0.251 e. The molecule has 0 saturated carbocycles. The van der Waals surface area contributed by atoms with Crippen LogP contribution in [-0.2, 0) is 0 Å². The fraction of sp³-hybridized carbons (Fsp3) is 0. The molecule has 0 aliphatic carbocycles. The monoisotopic (exact) mass is 317 g/mol. The number of ketones is 1. The van der Waals surface area contributed by atoms with E-state index in [1.165, 1.54) is 12.3 Å². The summed E-state index contributed by atoms with van der Waals surface area (Å²) >= 11 is 5.93. The molecule has 0 bridgehead atoms. The maximum atomic E-state index is 14.4. The molecule has 3 aromatic rings. The number of amides is 1. The smallest absolute Gasteiger partial charge is 0.251 e. The summed E-state index contributed by atoms with van der Waals surface area (Å²) in [6, 6.07) is 5.75. The molecular formula is C15H9ClFN3O2. The van der Waals surface area contributed by atoms with Gasteiger partial charge in [-0.2, -0.15) is 0 Å². The van der Waals surface area contributed by atoms with Gasteiger partial charge in [0, 0.05) is 23.3 Å². The quantitative estimate of drug-likeness (QED) is 0.728. The molecule has 22 heavy (non-hydrogen) atoms. The molecule has 110 valence electrons. The summed E-state index contributed by atoms with van der Waals surface area (Å²) in [7, 11) is 0. The van der Waals surface area contributed by atoms with E-state index in [1.54, 1.807) is 18.3 Å². The molecule has 0 aliphatic heterocycles. The van der Waals surface area contributed by atoms with E-state index in [-0.39, 0.29) is 21.7 Å². The van der Waals surface area contributed by atoms with Crippen LogP contribution in [-0.4, -0.2) is 21.7 Å². The second-order valence-corrected chi connectivity index (χ2v) is 4.99. The third-order valence-electron chi connectivity index (χ3n) is 3.28. The van der Waals surface area contributed by atoms with Gasteiger partial charge in [-0.1, -0.05) is 11.6 Å². The fourth-order valence-corrected chi connectivity index (χ4v) is 2.46. The van der Waals surface area contributed by atoms with E-state index in [2.05, 4.69) is 9.97 Å². The summed E-state index contributed by atoms with van der Waals surface area (Å²) in [6.45, 7) is 0. The number of carbonyl (C=O) groups excluding carboxylic acids is 2. The Morgan fingerprint density at radius 2 is 2.00 bits per heavy atom. The van der Waals surface area contributed by atoms with Crippen molar-refractivity contribution < 1.29 is 14.0 Å². The van der Waals surface area contributed by atoms with Crippen LogP contribution in [0.25, 0.3) is 11.0 Å². The Bertz CT molecular complexity index is 920. The Kier molecular flexibility index (Phi) is 3.38. The highest BCUT2D eigenvalue weighted by molar-refractivity contribution is 6.35. The topological polar surface area (TPSA) is 88.8 Å². The van der Waals surface area contributed by atoms with Gasteiger partial charge in [-0.15, -0.1) is 0 Å². The van der Waals surface area contributed by atoms with Gasteiger partial charge in [0.25, 0.3) is 5.91 Å². The van der Waals surface area contributed by atoms with Crippen molar-refractivity contribution in [1.82, 2.24) is 9.97 Å². The van der Waals surface area contributed by atoms with Crippen molar-refractivity contribution in [2.24, 2.45) is 5.73 Å². The van der Waals surface area contributed by atoms with Crippen LogP contribution in [0.5, 0.6) is 0 Å². The normalized spacial score (nSPS) is 10.8. The largest absolute Gasteiger partial charge is 0.366 e. The first-order valence-corrected chi connectivity index (χ1v) is 6.63. The summed E-state index contributed by atoms with van der Waals surface area (Å²) < 4.78 is 14.4. The highest BCUT2D eigenvalue weighted by Crippen LogP contribution is 2.27. The van der Waals surface area contributed by atoms with Crippen molar-refractivity contribution in [2.45, 2.75) is 0 Å². The first-order valence-electron chi connectivity index (χ1n) is 6.25. The van der Waals surface area contributed by atoms with Gasteiger partial charge in [-0.3, -0.25) is 9.59 Å². The molecule has 0 unspecified atom stereocenters. The zero-order valence-electron chi connectivity index (χ0n) is 11.1. The lowest BCUT2D eigenvalue weighted by Gasteiger charge is -2.07. The van der Waals surface area contributed by atoms with Crippen LogP contribution in [0.15, 0.2) is 36.7 Å². The molecule has 0 saturated heterocycles. The Labute approximate surface area is 128 Å². The van der Waals surface area contributed by atoms with Gasteiger partial charge in [0.15, 0.2) is 5.78 Å². The lowest BCUT2D eigenvalue weighted by Crippen LogP contribution is -2.16. The molecule has 2 aromatic heterocycles. The predicted octanol–water partition coefficient (Wildman–Crippen LogP) is 2.69. The number of nitrogens with zero attached hydrogens (tertiary/aromatic N) is 1. The molecule has 5 nitrogen and oxygen atoms in total. The minimum atomic E-state index is -1.02. The molecule has 0 aliphatic rings. The molecule has 3 rings (SSSR count). The average Bonchev–Trinajstić information content (AvgIpc) is 2.90. The minimum absolute atomic E-state index is 0.0919. The SMILES string of the molecule is NC(=O)c1ccc(Cl)c(C(=O)c2c[nH]c3ncccc23)c1F. The first kappa shape index (κ1) is 14.2. The van der Waals surface area contributed by atoms with Gasteiger partial charge in [0.2, 0.25) is 0 Å². The molecule has 1 amide bonds. The van der Waals surface area contributed by atoms with Crippen LogP contribution in [0.4, 0.5) is 4.39 Å². The Morgan fingerprint density at radius 1 is 1.23 bits per heavy atom. The molecule has 7 heteroatoms. The summed E-state index contributed by atoms with van der Waals surface area (Å²) in [5.74, 6) is -2.64. The molecule has 0 fully saturated rings. The van der Waals surface area contributed by atoms with E-state index in [9.17, 15) is 14.0 Å². The van der Waals surface area contributed by atoms with Crippen molar-refractivity contribution >= 4 is 34.3 Å². The zero-order chi connectivity index (χ0) is 15.9. The van der Waals surface area contributed by atoms with Crippen LogP contribution in [0.2, 0.25) is 5.02 Å². The van der Waals surface area contributed by atoms with Crippen molar-refractivity contribution in [3.8, 4) is 0 Å². The third-order valence-corrected chi connectivity index (χ3v) is 3.59. The van der Waals surface area contributed by atoms with Crippen LogP contribution >= 0.6 is 11.6 Å². The summed E-state index contributed by atoms with van der Waals surface area (Å²) in [6.07, 6.45) is 2.99. The number of halogens is 2. The van der Waals surface area contributed by atoms with Crippen LogP contribution < -0.4 is 5.73 Å². The number of aromatic amines is 1. The van der Waals surface area contributed by atoms with Crippen molar-refractivity contribution in [2.75, 3.05) is 0 Å². The lowest BCUT2D eigenvalue weighted by molar-refractivity contribution is 0.0996. The molecule has 1 aromatic carbocycles. The number of hydrogen-bond acceptors (Lipinski definition) is 3. The van der Waals surface area contributed by atoms with Crippen LogP contribution in [0.3, 0.4) is 0 Å². The Hall–Kier alpha value is -2.73. The van der Waals surface area contributed by atoms with Crippen molar-refractivity contribution in [3.63, 3.8) is 0 Å². The number of nitrogens with two attached hydrogens (primary N) is 1. The number of fused-ring (bicyclic) bond motifs is 1. The molecular weight excluding hydrogens is 309 g/mol. The van der Waals surface area contributed by atoms with E-state index in [1.807, 2.05) is 0 Å².